The van der Waals surface area contributed by atoms with Crippen LogP contribution in [0.15, 0.2) is 41.3 Å². The highest BCUT2D eigenvalue weighted by Gasteiger charge is 2.25. The monoisotopic (exact) mass is 485 g/mol. The first-order valence-electron chi connectivity index (χ1n) is 11.1. The zero-order chi connectivity index (χ0) is 25.5. The van der Waals surface area contributed by atoms with Gasteiger partial charge in [0, 0.05) is 44.1 Å². The normalized spacial score (nSPS) is 13.8. The minimum absolute atomic E-state index is 0.149. The zero-order valence-electron chi connectivity index (χ0n) is 19.6. The number of para-hydroxylation sites is 1. The fraction of sp³-hybridized carbons (Fsp3) is 0.391. The van der Waals surface area contributed by atoms with Crippen LogP contribution in [-0.2, 0) is 27.3 Å². The van der Waals surface area contributed by atoms with Crippen LogP contribution < -0.4 is 10.9 Å². The van der Waals surface area contributed by atoms with E-state index in [4.69, 9.17) is 0 Å². The van der Waals surface area contributed by atoms with Crippen LogP contribution in [0.2, 0.25) is 0 Å². The molecule has 0 unspecified atom stereocenters. The number of nitrogens with one attached hydrogen (secondary N) is 1. The number of methoxy groups -OCH3 is 1. The van der Waals surface area contributed by atoms with Crippen LogP contribution in [0, 0.1) is 10.1 Å². The average molecular weight is 485 g/mol. The van der Waals surface area contributed by atoms with Gasteiger partial charge < -0.3 is 15.0 Å². The summed E-state index contributed by atoms with van der Waals surface area (Å²) in [6.45, 7) is 3.28. The Hall–Kier alpha value is -4.06. The van der Waals surface area contributed by atoms with Crippen molar-refractivity contribution in [1.82, 2.24) is 14.4 Å². The maximum atomic E-state index is 12.8. The summed E-state index contributed by atoms with van der Waals surface area (Å²) in [5, 5.41) is 14.1. The molecule has 186 valence electrons. The predicted octanol–water partition coefficient (Wildman–Crippen LogP) is 0.888. The summed E-state index contributed by atoms with van der Waals surface area (Å²) in [5.41, 5.74) is -0.183. The molecule has 1 aliphatic rings. The Labute approximate surface area is 201 Å². The van der Waals surface area contributed by atoms with Gasteiger partial charge in [-0.3, -0.25) is 34.0 Å². The second-order valence-electron chi connectivity index (χ2n) is 8.01. The fourth-order valence-corrected chi connectivity index (χ4v) is 3.84. The Morgan fingerprint density at radius 2 is 1.80 bits per heavy atom. The number of amides is 2. The van der Waals surface area contributed by atoms with E-state index in [2.05, 4.69) is 10.1 Å². The van der Waals surface area contributed by atoms with Gasteiger partial charge in [0.1, 0.15) is 6.54 Å². The Balaban J connectivity index is 1.59. The van der Waals surface area contributed by atoms with Gasteiger partial charge in [-0.05, 0) is 18.1 Å². The van der Waals surface area contributed by atoms with Gasteiger partial charge >= 0.3 is 17.2 Å². The molecule has 1 fully saturated rings. The van der Waals surface area contributed by atoms with Crippen LogP contribution in [0.25, 0.3) is 0 Å². The molecule has 1 saturated heterocycles. The number of carbonyl (C=O) groups excluding carboxylic acids is 3. The SMILES string of the molecule is CCc1ccccc1NC(=O)CN1CCN(C(=O)Cn2cc(C(=O)OC)cc([N+](=O)[O-])c2=O)CC1. The van der Waals surface area contributed by atoms with E-state index in [-0.39, 0.29) is 18.0 Å². The largest absolute Gasteiger partial charge is 0.465 e. The molecule has 12 heteroatoms. The highest BCUT2D eigenvalue weighted by Crippen LogP contribution is 2.15. The van der Waals surface area contributed by atoms with E-state index in [1.807, 2.05) is 36.1 Å². The molecule has 12 nitrogen and oxygen atoms in total. The van der Waals surface area contributed by atoms with E-state index in [9.17, 15) is 29.3 Å². The molecule has 1 aromatic carbocycles. The molecule has 2 amide bonds. The van der Waals surface area contributed by atoms with Crippen molar-refractivity contribution in [3.8, 4) is 0 Å². The number of hydrogen-bond acceptors (Lipinski definition) is 8. The number of nitrogens with zero attached hydrogens (tertiary/aromatic N) is 4. The van der Waals surface area contributed by atoms with E-state index >= 15 is 0 Å². The van der Waals surface area contributed by atoms with Crippen LogP contribution >= 0.6 is 0 Å². The van der Waals surface area contributed by atoms with E-state index in [1.54, 1.807) is 0 Å². The van der Waals surface area contributed by atoms with Crippen LogP contribution in [0.1, 0.15) is 22.8 Å². The summed E-state index contributed by atoms with van der Waals surface area (Å²) in [5.74, 6) is -1.43. The van der Waals surface area contributed by atoms with Gasteiger partial charge in [0.25, 0.3) is 0 Å². The molecule has 0 bridgehead atoms. The van der Waals surface area contributed by atoms with Crippen molar-refractivity contribution < 1.29 is 24.0 Å². The van der Waals surface area contributed by atoms with Crippen molar-refractivity contribution in [3.63, 3.8) is 0 Å². The maximum absolute atomic E-state index is 12.8. The number of aryl methyl sites for hydroxylation is 1. The summed E-state index contributed by atoms with van der Waals surface area (Å²) in [7, 11) is 1.11. The van der Waals surface area contributed by atoms with E-state index in [0.29, 0.717) is 26.2 Å². The summed E-state index contributed by atoms with van der Waals surface area (Å²) in [6.07, 6.45) is 1.87. The summed E-state index contributed by atoms with van der Waals surface area (Å²) in [4.78, 5) is 63.2. The van der Waals surface area contributed by atoms with Crippen LogP contribution in [0.5, 0.6) is 0 Å². The summed E-state index contributed by atoms with van der Waals surface area (Å²) >= 11 is 0. The molecule has 1 aromatic heterocycles. The van der Waals surface area contributed by atoms with Gasteiger partial charge in [-0.2, -0.15) is 0 Å². The first-order valence-corrected chi connectivity index (χ1v) is 11.1. The Bertz CT molecular complexity index is 1190. The van der Waals surface area contributed by atoms with Crippen molar-refractivity contribution in [2.75, 3.05) is 45.2 Å². The number of ether oxygens (including phenoxy) is 1. The van der Waals surface area contributed by atoms with Crippen molar-refractivity contribution in [2.24, 2.45) is 0 Å². The fourth-order valence-electron chi connectivity index (χ4n) is 3.84. The van der Waals surface area contributed by atoms with Crippen molar-refractivity contribution in [3.05, 3.63) is 68.1 Å². The number of rotatable bonds is 8. The molecule has 0 spiro atoms. The molecule has 0 radical (unpaired) electrons. The topological polar surface area (TPSA) is 144 Å². The number of esters is 1. The van der Waals surface area contributed by atoms with Gasteiger partial charge in [-0.15, -0.1) is 0 Å². The Morgan fingerprint density at radius 1 is 1.11 bits per heavy atom. The Kier molecular flexibility index (Phi) is 8.31. The molecular formula is C23H27N5O7. The van der Waals surface area contributed by atoms with E-state index < -0.39 is 34.6 Å². The minimum Gasteiger partial charge on any atom is -0.465 e. The quantitative estimate of drug-likeness (QED) is 0.330. The van der Waals surface area contributed by atoms with Gasteiger partial charge in [0.15, 0.2) is 0 Å². The summed E-state index contributed by atoms with van der Waals surface area (Å²) < 4.78 is 5.42. The first-order chi connectivity index (χ1) is 16.7. The number of piperazine rings is 1. The number of nitro groups is 1. The number of pyridine rings is 1. The third kappa shape index (κ3) is 6.29. The van der Waals surface area contributed by atoms with Crippen molar-refractivity contribution >= 4 is 29.2 Å². The van der Waals surface area contributed by atoms with Gasteiger partial charge in [-0.25, -0.2) is 4.79 Å². The third-order valence-electron chi connectivity index (χ3n) is 5.76. The maximum Gasteiger partial charge on any atom is 0.339 e. The molecule has 2 heterocycles. The van der Waals surface area contributed by atoms with E-state index in [1.165, 1.54) is 4.90 Å². The van der Waals surface area contributed by atoms with Crippen molar-refractivity contribution in [2.45, 2.75) is 19.9 Å². The number of aromatic nitrogens is 1. The Morgan fingerprint density at radius 3 is 2.43 bits per heavy atom. The molecule has 35 heavy (non-hydrogen) atoms. The predicted molar refractivity (Wildman–Crippen MR) is 126 cm³/mol. The van der Waals surface area contributed by atoms with Crippen LogP contribution in [-0.4, -0.2) is 76.9 Å². The lowest BCUT2D eigenvalue weighted by atomic mass is 10.1. The number of anilines is 1. The standard InChI is InChI=1S/C23H27N5O7/c1-3-16-6-4-5-7-18(16)24-20(29)14-25-8-10-26(11-9-25)21(30)15-27-13-17(23(32)35-2)12-19(22(27)31)28(33)34/h4-7,12-13H,3,8-11,14-15H2,1-2H3,(H,24,29). The highest BCUT2D eigenvalue weighted by molar-refractivity contribution is 5.93. The molecular weight excluding hydrogens is 458 g/mol. The first kappa shape index (κ1) is 25.6. The van der Waals surface area contributed by atoms with Gasteiger partial charge in [0.2, 0.25) is 11.8 Å². The second kappa shape index (κ2) is 11.4. The number of benzene rings is 1. The average Bonchev–Trinajstić information content (AvgIpc) is 2.85. The van der Waals surface area contributed by atoms with Gasteiger partial charge in [-0.1, -0.05) is 25.1 Å². The third-order valence-corrected chi connectivity index (χ3v) is 5.76. The second-order valence-corrected chi connectivity index (χ2v) is 8.01. The molecule has 3 rings (SSSR count). The smallest absolute Gasteiger partial charge is 0.339 e. The number of hydrogen-bond donors (Lipinski definition) is 1. The zero-order valence-corrected chi connectivity index (χ0v) is 19.6. The van der Waals surface area contributed by atoms with E-state index in [0.717, 1.165) is 41.6 Å². The molecule has 0 saturated carbocycles. The van der Waals surface area contributed by atoms with Crippen molar-refractivity contribution in [1.29, 1.82) is 0 Å². The lowest BCUT2D eigenvalue weighted by molar-refractivity contribution is -0.386. The lowest BCUT2D eigenvalue weighted by Gasteiger charge is -2.34. The van der Waals surface area contributed by atoms with Crippen LogP contribution in [0.3, 0.4) is 0 Å². The number of carbonyl (C=O) groups is 3. The molecule has 0 atom stereocenters. The summed E-state index contributed by atoms with van der Waals surface area (Å²) in [6, 6.07) is 8.43. The van der Waals surface area contributed by atoms with Crippen LogP contribution in [0.4, 0.5) is 11.4 Å². The minimum atomic E-state index is -0.987. The highest BCUT2D eigenvalue weighted by atomic mass is 16.6. The lowest BCUT2D eigenvalue weighted by Crippen LogP contribution is -2.51. The molecule has 2 aromatic rings. The molecule has 1 N–H and O–H groups in total. The van der Waals surface area contributed by atoms with Gasteiger partial charge in [0.05, 0.1) is 24.1 Å². The molecule has 0 aliphatic carbocycles. The molecule has 1 aliphatic heterocycles.